The zero-order valence-electron chi connectivity index (χ0n) is 20.8. The fourth-order valence-corrected chi connectivity index (χ4v) is 3.70. The fraction of sp³-hybridized carbons (Fsp3) is 0.400. The zero-order chi connectivity index (χ0) is 25.0. The van der Waals surface area contributed by atoms with Gasteiger partial charge in [0.2, 0.25) is 11.8 Å². The number of carbonyl (C=O) groups is 2. The van der Waals surface area contributed by atoms with E-state index >= 15 is 0 Å². The average molecular weight is 477 g/mol. The first kappa shape index (κ1) is 27.9. The predicted molar refractivity (Wildman–Crippen MR) is 145 cm³/mol. The molecule has 0 radical (unpaired) electrons. The third kappa shape index (κ3) is 14.5. The first-order valence-electron chi connectivity index (χ1n) is 12.9. The molecule has 0 aliphatic heterocycles. The van der Waals surface area contributed by atoms with Crippen molar-refractivity contribution in [2.24, 2.45) is 0 Å². The van der Waals surface area contributed by atoms with Gasteiger partial charge in [0.05, 0.1) is 0 Å². The van der Waals surface area contributed by atoms with Crippen LogP contribution in [0.5, 0.6) is 5.75 Å². The van der Waals surface area contributed by atoms with Gasteiger partial charge in [0, 0.05) is 25.2 Å². The van der Waals surface area contributed by atoms with Gasteiger partial charge in [0.1, 0.15) is 5.75 Å². The van der Waals surface area contributed by atoms with Crippen LogP contribution in [0.25, 0.3) is 12.2 Å². The third-order valence-corrected chi connectivity index (χ3v) is 5.75. The second-order valence-electron chi connectivity index (χ2n) is 8.79. The smallest absolute Gasteiger partial charge is 0.243 e. The highest BCUT2D eigenvalue weighted by Gasteiger charge is 1.98. The van der Waals surface area contributed by atoms with E-state index in [-0.39, 0.29) is 17.6 Å². The second-order valence-corrected chi connectivity index (χ2v) is 8.79. The summed E-state index contributed by atoms with van der Waals surface area (Å²) in [6.45, 7) is 1.44. The molecule has 0 saturated heterocycles. The van der Waals surface area contributed by atoms with Crippen molar-refractivity contribution in [2.45, 2.75) is 64.2 Å². The summed E-state index contributed by atoms with van der Waals surface area (Å²) in [5.74, 6) is 0.109. The number of nitrogens with one attached hydrogen (secondary N) is 2. The lowest BCUT2D eigenvalue weighted by atomic mass is 10.1. The highest BCUT2D eigenvalue weighted by molar-refractivity contribution is 5.92. The molecule has 2 amide bonds. The standard InChI is InChI=1S/C30H40N2O3/c33-28-20-16-27(17-21-28)19-23-30(35)32-25-13-8-6-4-2-1-3-5-7-12-24-31-29(34)22-18-26-14-10-9-11-15-26/h9-11,14-23,33H,1-8,12-13,24-25H2,(H,31,34)(H,32,35)/b22-18?,23-19+. The van der Waals surface area contributed by atoms with Gasteiger partial charge in [0.15, 0.2) is 0 Å². The van der Waals surface area contributed by atoms with Crippen LogP contribution in [0, 0.1) is 0 Å². The van der Waals surface area contributed by atoms with Crippen LogP contribution in [0.3, 0.4) is 0 Å². The molecule has 0 unspecified atom stereocenters. The normalized spacial score (nSPS) is 11.2. The Bertz CT molecular complexity index is 905. The molecule has 0 fully saturated rings. The predicted octanol–water partition coefficient (Wildman–Crippen LogP) is 6.25. The van der Waals surface area contributed by atoms with Crippen molar-refractivity contribution >= 4 is 24.0 Å². The summed E-state index contributed by atoms with van der Waals surface area (Å²) in [4.78, 5) is 23.6. The maximum Gasteiger partial charge on any atom is 0.243 e. The van der Waals surface area contributed by atoms with Crippen molar-refractivity contribution in [1.82, 2.24) is 10.6 Å². The number of phenolic OH excluding ortho intramolecular Hbond substituents is 1. The summed E-state index contributed by atoms with van der Waals surface area (Å²) in [6.07, 6.45) is 18.5. The number of aromatic hydroxyl groups is 1. The number of hydrogen-bond donors (Lipinski definition) is 3. The Morgan fingerprint density at radius 1 is 0.571 bits per heavy atom. The maximum absolute atomic E-state index is 11.8. The summed E-state index contributed by atoms with van der Waals surface area (Å²) >= 11 is 0. The van der Waals surface area contributed by atoms with E-state index in [0.29, 0.717) is 6.54 Å². The number of unbranched alkanes of at least 4 members (excludes halogenated alkanes) is 9. The second kappa shape index (κ2) is 18.0. The van der Waals surface area contributed by atoms with Gasteiger partial charge >= 0.3 is 0 Å². The van der Waals surface area contributed by atoms with Crippen molar-refractivity contribution < 1.29 is 14.7 Å². The molecule has 2 aromatic rings. The Balaban J connectivity index is 1.33. The van der Waals surface area contributed by atoms with Crippen LogP contribution < -0.4 is 10.6 Å². The molecule has 0 heterocycles. The molecule has 35 heavy (non-hydrogen) atoms. The molecule has 0 bridgehead atoms. The molecule has 3 N–H and O–H groups in total. The molecule has 5 nitrogen and oxygen atoms in total. The molecule has 0 saturated carbocycles. The van der Waals surface area contributed by atoms with Gasteiger partial charge in [-0.15, -0.1) is 0 Å². The zero-order valence-corrected chi connectivity index (χ0v) is 20.8. The van der Waals surface area contributed by atoms with Crippen molar-refractivity contribution in [3.05, 3.63) is 77.9 Å². The number of rotatable bonds is 17. The van der Waals surface area contributed by atoms with Crippen molar-refractivity contribution in [2.75, 3.05) is 13.1 Å². The van der Waals surface area contributed by atoms with Gasteiger partial charge in [-0.3, -0.25) is 9.59 Å². The molecular weight excluding hydrogens is 436 g/mol. The largest absolute Gasteiger partial charge is 0.508 e. The van der Waals surface area contributed by atoms with E-state index < -0.39 is 0 Å². The lowest BCUT2D eigenvalue weighted by Crippen LogP contribution is -2.21. The molecule has 0 aliphatic rings. The van der Waals surface area contributed by atoms with E-state index in [2.05, 4.69) is 10.6 Å². The van der Waals surface area contributed by atoms with Crippen LogP contribution in [0.4, 0.5) is 0 Å². The summed E-state index contributed by atoms with van der Waals surface area (Å²) in [6, 6.07) is 16.6. The van der Waals surface area contributed by atoms with E-state index in [1.165, 1.54) is 44.6 Å². The van der Waals surface area contributed by atoms with E-state index in [1.54, 1.807) is 36.4 Å². The lowest BCUT2D eigenvalue weighted by molar-refractivity contribution is -0.117. The number of hydrogen-bond acceptors (Lipinski definition) is 3. The van der Waals surface area contributed by atoms with Gasteiger partial charge in [-0.25, -0.2) is 0 Å². The highest BCUT2D eigenvalue weighted by atomic mass is 16.3. The number of benzene rings is 2. The number of phenols is 1. The first-order chi connectivity index (χ1) is 17.1. The molecule has 2 aromatic carbocycles. The molecule has 0 aliphatic carbocycles. The Morgan fingerprint density at radius 2 is 0.971 bits per heavy atom. The minimum atomic E-state index is -0.0821. The number of amides is 2. The summed E-state index contributed by atoms with van der Waals surface area (Å²) < 4.78 is 0. The van der Waals surface area contributed by atoms with Crippen LogP contribution in [-0.2, 0) is 9.59 Å². The van der Waals surface area contributed by atoms with Gasteiger partial charge in [-0.05, 0) is 48.3 Å². The SMILES string of the molecule is O=C(C=Cc1ccccc1)NCCCCCCCCCCCCNC(=O)/C=C/c1ccc(O)cc1. The Morgan fingerprint density at radius 3 is 1.43 bits per heavy atom. The van der Waals surface area contributed by atoms with Gasteiger partial charge in [-0.2, -0.15) is 0 Å². The summed E-state index contributed by atoms with van der Waals surface area (Å²) in [5, 5.41) is 15.1. The van der Waals surface area contributed by atoms with Gasteiger partial charge < -0.3 is 15.7 Å². The molecule has 0 spiro atoms. The van der Waals surface area contributed by atoms with Crippen molar-refractivity contribution in [3.63, 3.8) is 0 Å². The molecule has 0 aromatic heterocycles. The topological polar surface area (TPSA) is 78.4 Å². The Hall–Kier alpha value is -3.34. The van der Waals surface area contributed by atoms with Crippen molar-refractivity contribution in [1.29, 1.82) is 0 Å². The van der Waals surface area contributed by atoms with Crippen LogP contribution in [0.2, 0.25) is 0 Å². The lowest BCUT2D eigenvalue weighted by Gasteiger charge is -2.04. The molecule has 188 valence electrons. The van der Waals surface area contributed by atoms with E-state index in [1.807, 2.05) is 36.4 Å². The fourth-order valence-electron chi connectivity index (χ4n) is 3.70. The maximum atomic E-state index is 11.8. The monoisotopic (exact) mass is 476 g/mol. The van der Waals surface area contributed by atoms with E-state index in [9.17, 15) is 14.7 Å². The van der Waals surface area contributed by atoms with E-state index in [4.69, 9.17) is 0 Å². The minimum absolute atomic E-state index is 0.0287. The molecule has 0 atom stereocenters. The molecular formula is C30H40N2O3. The van der Waals surface area contributed by atoms with E-state index in [0.717, 1.165) is 43.4 Å². The van der Waals surface area contributed by atoms with Crippen LogP contribution >= 0.6 is 0 Å². The quantitative estimate of drug-likeness (QED) is 0.186. The highest BCUT2D eigenvalue weighted by Crippen LogP contribution is 2.11. The van der Waals surface area contributed by atoms with Crippen LogP contribution in [0.15, 0.2) is 66.7 Å². The van der Waals surface area contributed by atoms with Crippen LogP contribution in [0.1, 0.15) is 75.3 Å². The number of carbonyl (C=O) groups excluding carboxylic acids is 2. The van der Waals surface area contributed by atoms with Crippen LogP contribution in [-0.4, -0.2) is 30.0 Å². The molecule has 2 rings (SSSR count). The Kier molecular flexibility index (Phi) is 14.4. The average Bonchev–Trinajstić information content (AvgIpc) is 2.88. The minimum Gasteiger partial charge on any atom is -0.508 e. The Labute approximate surface area is 210 Å². The van der Waals surface area contributed by atoms with Crippen molar-refractivity contribution in [3.8, 4) is 5.75 Å². The first-order valence-corrected chi connectivity index (χ1v) is 12.9. The molecule has 5 heteroatoms. The summed E-state index contributed by atoms with van der Waals surface area (Å²) in [5.41, 5.74) is 1.92. The summed E-state index contributed by atoms with van der Waals surface area (Å²) in [7, 11) is 0. The third-order valence-electron chi connectivity index (χ3n) is 5.75. The van der Waals surface area contributed by atoms with Gasteiger partial charge in [0.25, 0.3) is 0 Å². The van der Waals surface area contributed by atoms with Gasteiger partial charge in [-0.1, -0.05) is 93.8 Å².